The Bertz CT molecular complexity index is 1120. The molecule has 5 rings (SSSR count). The number of aryl methyl sites for hydroxylation is 10. The zero-order chi connectivity index (χ0) is 29.2. The SMILES string of the molecule is CCc1cn(C)nn1.CCc1cnn(C)c1.CCn1cc(C)cn1.CCn1cc(C)nn1.Cc1nnc(C)o1. The van der Waals surface area contributed by atoms with Crippen LogP contribution >= 0.6 is 0 Å². The number of hydrogen-bond acceptors (Lipinski definition) is 9. The minimum absolute atomic E-state index is 0.623. The molecular weight excluding hydrogens is 496 g/mol. The highest BCUT2D eigenvalue weighted by molar-refractivity contribution is 5.02. The summed E-state index contributed by atoms with van der Waals surface area (Å²) in [5.74, 6) is 1.25. The van der Waals surface area contributed by atoms with Crippen molar-refractivity contribution in [2.45, 2.75) is 81.3 Å². The van der Waals surface area contributed by atoms with E-state index in [0.717, 1.165) is 37.3 Å². The Kier molecular flexibility index (Phi) is 15.3. The van der Waals surface area contributed by atoms with E-state index in [1.807, 2.05) is 81.4 Å². The fourth-order valence-electron chi connectivity index (χ4n) is 2.80. The van der Waals surface area contributed by atoms with Gasteiger partial charge in [-0.2, -0.15) is 10.2 Å². The molecule has 39 heavy (non-hydrogen) atoms. The summed E-state index contributed by atoms with van der Waals surface area (Å²) in [5, 5.41) is 30.5. The van der Waals surface area contributed by atoms with Gasteiger partial charge in [-0.3, -0.25) is 18.7 Å². The predicted molar refractivity (Wildman–Crippen MR) is 150 cm³/mol. The van der Waals surface area contributed by atoms with Crippen molar-refractivity contribution in [1.82, 2.24) is 59.7 Å². The van der Waals surface area contributed by atoms with Crippen molar-refractivity contribution in [3.63, 3.8) is 0 Å². The van der Waals surface area contributed by atoms with Crippen molar-refractivity contribution in [3.05, 3.63) is 71.5 Å². The molecule has 5 heterocycles. The lowest BCUT2D eigenvalue weighted by molar-refractivity contribution is 0.489. The van der Waals surface area contributed by atoms with Crippen molar-refractivity contribution in [2.24, 2.45) is 14.1 Å². The van der Waals surface area contributed by atoms with Crippen LogP contribution in [-0.2, 0) is 40.0 Å². The van der Waals surface area contributed by atoms with E-state index in [9.17, 15) is 0 Å². The summed E-state index contributed by atoms with van der Waals surface area (Å²) < 4.78 is 12.1. The smallest absolute Gasteiger partial charge is 0.213 e. The highest BCUT2D eigenvalue weighted by Crippen LogP contribution is 1.95. The van der Waals surface area contributed by atoms with Gasteiger partial charge in [-0.05, 0) is 51.7 Å². The third-order valence-corrected chi connectivity index (χ3v) is 4.87. The normalized spacial score (nSPS) is 9.69. The van der Waals surface area contributed by atoms with E-state index >= 15 is 0 Å². The third kappa shape index (κ3) is 14.4. The largest absolute Gasteiger partial charge is 0.426 e. The van der Waals surface area contributed by atoms with Crippen molar-refractivity contribution in [1.29, 1.82) is 0 Å². The Hall–Kier alpha value is -4.16. The molecule has 5 aromatic rings. The molecule has 0 saturated heterocycles. The first-order valence-electron chi connectivity index (χ1n) is 13.0. The van der Waals surface area contributed by atoms with Gasteiger partial charge in [0.05, 0.1) is 23.8 Å². The van der Waals surface area contributed by atoms with Crippen molar-refractivity contribution >= 4 is 0 Å². The van der Waals surface area contributed by atoms with E-state index in [1.54, 1.807) is 23.2 Å². The first-order chi connectivity index (χ1) is 18.6. The molecule has 0 aromatic carbocycles. The summed E-state index contributed by atoms with van der Waals surface area (Å²) in [7, 11) is 3.80. The average Bonchev–Trinajstić information content (AvgIpc) is 3.75. The molecule has 0 fully saturated rings. The standard InChI is InChI=1S/2C6H10N2.2C5H9N3.C4H6N2O/c1-3-6-4-7-8(2)5-6;1-3-8-5-6(2)4-7-8;1-3-5-4-8(2)7-6-5;1-3-8-4-5(2)6-7-8;1-3-5-6-4(2)7-3/h2*4-5H,3H2,1-2H3;2*4H,3H2,1-2H3;1-2H3. The Morgan fingerprint density at radius 3 is 1.54 bits per heavy atom. The van der Waals surface area contributed by atoms with Crippen LogP contribution in [0.3, 0.4) is 0 Å². The van der Waals surface area contributed by atoms with Crippen LogP contribution < -0.4 is 0 Å². The minimum Gasteiger partial charge on any atom is -0.426 e. The predicted octanol–water partition coefficient (Wildman–Crippen LogP) is 3.86. The molecular formula is C26H44N12O. The monoisotopic (exact) mass is 540 g/mol. The molecule has 0 aliphatic heterocycles. The van der Waals surface area contributed by atoms with Crippen LogP contribution in [0, 0.1) is 27.7 Å². The summed E-state index contributed by atoms with van der Waals surface area (Å²) in [4.78, 5) is 0. The molecule has 0 atom stereocenters. The Labute approximate surface area is 231 Å². The van der Waals surface area contributed by atoms with Gasteiger partial charge >= 0.3 is 0 Å². The number of aromatic nitrogens is 12. The van der Waals surface area contributed by atoms with Crippen LogP contribution in [0.1, 0.15) is 62.0 Å². The second-order valence-electron chi connectivity index (χ2n) is 8.54. The lowest BCUT2D eigenvalue weighted by Gasteiger charge is -1.88. The topological polar surface area (TPSA) is 136 Å². The fourth-order valence-corrected chi connectivity index (χ4v) is 2.80. The van der Waals surface area contributed by atoms with Gasteiger partial charge in [0.1, 0.15) is 0 Å². The zero-order valence-corrected chi connectivity index (χ0v) is 25.1. The van der Waals surface area contributed by atoms with Gasteiger partial charge in [0.15, 0.2) is 0 Å². The fraction of sp³-hybridized carbons (Fsp3) is 0.538. The Balaban J connectivity index is 0.000000244. The summed E-state index contributed by atoms with van der Waals surface area (Å²) in [6.07, 6.45) is 13.7. The van der Waals surface area contributed by atoms with Gasteiger partial charge in [0, 0.05) is 65.8 Å². The lowest BCUT2D eigenvalue weighted by Crippen LogP contribution is -1.93. The highest BCUT2D eigenvalue weighted by atomic mass is 16.4. The molecule has 0 N–H and O–H groups in total. The van der Waals surface area contributed by atoms with Gasteiger partial charge in [0.25, 0.3) is 0 Å². The summed E-state index contributed by atoms with van der Waals surface area (Å²) in [6.45, 7) is 17.7. The van der Waals surface area contributed by atoms with Crippen LogP contribution in [0.25, 0.3) is 0 Å². The lowest BCUT2D eigenvalue weighted by atomic mass is 10.3. The van der Waals surface area contributed by atoms with Crippen molar-refractivity contribution in [2.75, 3.05) is 0 Å². The first-order valence-corrected chi connectivity index (χ1v) is 13.0. The molecule has 5 aromatic heterocycles. The molecule has 13 nitrogen and oxygen atoms in total. The maximum Gasteiger partial charge on any atom is 0.213 e. The molecule has 0 spiro atoms. The van der Waals surface area contributed by atoms with Crippen molar-refractivity contribution in [3.8, 4) is 0 Å². The Morgan fingerprint density at radius 2 is 1.31 bits per heavy atom. The zero-order valence-electron chi connectivity index (χ0n) is 25.1. The van der Waals surface area contributed by atoms with E-state index in [1.165, 1.54) is 11.1 Å². The average molecular weight is 541 g/mol. The maximum atomic E-state index is 4.86. The molecule has 0 aliphatic carbocycles. The van der Waals surface area contributed by atoms with Gasteiger partial charge in [-0.15, -0.1) is 20.4 Å². The van der Waals surface area contributed by atoms with E-state index in [2.05, 4.69) is 61.8 Å². The molecule has 214 valence electrons. The maximum absolute atomic E-state index is 4.86. The molecule has 13 heteroatoms. The molecule has 0 unspecified atom stereocenters. The quantitative estimate of drug-likeness (QED) is 0.333. The van der Waals surface area contributed by atoms with Crippen LogP contribution in [0.5, 0.6) is 0 Å². The van der Waals surface area contributed by atoms with Crippen LogP contribution in [-0.4, -0.2) is 59.7 Å². The molecule has 0 amide bonds. The number of nitrogens with zero attached hydrogens (tertiary/aromatic N) is 12. The minimum atomic E-state index is 0.623. The number of rotatable bonds is 4. The van der Waals surface area contributed by atoms with E-state index in [0.29, 0.717) is 11.8 Å². The summed E-state index contributed by atoms with van der Waals surface area (Å²) in [5.41, 5.74) is 4.55. The second kappa shape index (κ2) is 18.2. The molecule has 0 saturated carbocycles. The van der Waals surface area contributed by atoms with Gasteiger partial charge in [0.2, 0.25) is 11.8 Å². The van der Waals surface area contributed by atoms with Crippen molar-refractivity contribution < 1.29 is 4.42 Å². The number of hydrogen-bond donors (Lipinski definition) is 0. The highest BCUT2D eigenvalue weighted by Gasteiger charge is 1.91. The third-order valence-electron chi connectivity index (χ3n) is 4.87. The second-order valence-corrected chi connectivity index (χ2v) is 8.54. The van der Waals surface area contributed by atoms with Gasteiger partial charge in [-0.1, -0.05) is 24.3 Å². The first kappa shape index (κ1) is 32.9. The molecule has 0 aliphatic rings. The van der Waals surface area contributed by atoms with Crippen LogP contribution in [0.2, 0.25) is 0 Å². The summed E-state index contributed by atoms with van der Waals surface area (Å²) >= 11 is 0. The van der Waals surface area contributed by atoms with E-state index in [4.69, 9.17) is 4.42 Å². The molecule has 0 bridgehead atoms. The van der Waals surface area contributed by atoms with Crippen LogP contribution in [0.4, 0.5) is 0 Å². The van der Waals surface area contributed by atoms with E-state index < -0.39 is 0 Å². The molecule has 0 radical (unpaired) electrons. The van der Waals surface area contributed by atoms with E-state index in [-0.39, 0.29) is 0 Å². The summed E-state index contributed by atoms with van der Waals surface area (Å²) in [6, 6.07) is 0. The Morgan fingerprint density at radius 1 is 0.641 bits per heavy atom. The van der Waals surface area contributed by atoms with Gasteiger partial charge < -0.3 is 4.42 Å². The van der Waals surface area contributed by atoms with Crippen LogP contribution in [0.15, 0.2) is 41.6 Å². The van der Waals surface area contributed by atoms with Gasteiger partial charge in [-0.25, -0.2) is 0 Å².